The molecule has 1 aliphatic rings. The quantitative estimate of drug-likeness (QED) is 0.698. The minimum Gasteiger partial charge on any atom is -0.480 e. The molecule has 0 atom stereocenters. The van der Waals surface area contributed by atoms with E-state index in [-0.39, 0.29) is 5.76 Å². The average molecular weight is 302 g/mol. The van der Waals surface area contributed by atoms with Crippen LogP contribution in [0.5, 0.6) is 0 Å². The van der Waals surface area contributed by atoms with Gasteiger partial charge in [-0.05, 0) is 38.4 Å². The Morgan fingerprint density at radius 3 is 2.45 bits per heavy atom. The highest BCUT2D eigenvalue weighted by Gasteiger charge is 2.46. The molecule has 3 N–H and O–H groups in total. The van der Waals surface area contributed by atoms with E-state index in [4.69, 9.17) is 9.52 Å². The normalized spacial score (nSPS) is 17.2. The van der Waals surface area contributed by atoms with E-state index in [1.165, 1.54) is 13.1 Å². The van der Waals surface area contributed by atoms with Gasteiger partial charge >= 0.3 is 5.97 Å². The van der Waals surface area contributed by atoms with Crippen LogP contribution in [-0.2, 0) is 14.8 Å². The predicted molar refractivity (Wildman–Crippen MR) is 66.6 cm³/mol. The molecule has 0 radical (unpaired) electrons. The topological polar surface area (TPSA) is 126 Å². The number of carboxylic acid groups (broad SMARTS) is 1. The molecule has 110 valence electrons. The third kappa shape index (κ3) is 2.41. The molecular weight excluding hydrogens is 288 g/mol. The molecule has 2 rings (SSSR count). The Morgan fingerprint density at radius 1 is 1.35 bits per heavy atom. The van der Waals surface area contributed by atoms with Crippen molar-refractivity contribution < 1.29 is 27.5 Å². The van der Waals surface area contributed by atoms with Crippen LogP contribution < -0.4 is 10.0 Å². The number of rotatable bonds is 5. The Bertz CT molecular complexity index is 644. The monoisotopic (exact) mass is 302 g/mol. The zero-order chi connectivity index (χ0) is 15.0. The lowest BCUT2D eigenvalue weighted by Gasteiger charge is -2.37. The van der Waals surface area contributed by atoms with Gasteiger partial charge in [0, 0.05) is 0 Å². The smallest absolute Gasteiger partial charge is 0.329 e. The van der Waals surface area contributed by atoms with Gasteiger partial charge in [-0.15, -0.1) is 0 Å². The molecule has 0 aliphatic heterocycles. The van der Waals surface area contributed by atoms with Crippen LogP contribution in [-0.4, -0.2) is 38.0 Å². The Morgan fingerprint density at radius 2 is 2.00 bits per heavy atom. The largest absolute Gasteiger partial charge is 0.480 e. The fourth-order valence-corrected chi connectivity index (χ4v) is 2.54. The number of hydrogen-bond donors (Lipinski definition) is 3. The van der Waals surface area contributed by atoms with E-state index in [1.54, 1.807) is 0 Å². The number of carbonyl (C=O) groups is 2. The molecular formula is C11H14N2O6S. The van der Waals surface area contributed by atoms with Crippen LogP contribution in [0.2, 0.25) is 0 Å². The van der Waals surface area contributed by atoms with E-state index in [9.17, 15) is 18.0 Å². The van der Waals surface area contributed by atoms with Crippen molar-refractivity contribution in [2.45, 2.75) is 29.9 Å². The van der Waals surface area contributed by atoms with Crippen molar-refractivity contribution >= 4 is 21.9 Å². The van der Waals surface area contributed by atoms with Crippen LogP contribution in [0, 0.1) is 0 Å². The molecule has 1 saturated carbocycles. The summed E-state index contributed by atoms with van der Waals surface area (Å²) in [5.74, 6) is -2.09. The number of hydrogen-bond acceptors (Lipinski definition) is 5. The third-order valence-electron chi connectivity index (χ3n) is 3.31. The summed E-state index contributed by atoms with van der Waals surface area (Å²) in [5.41, 5.74) is -1.27. The number of aliphatic carboxylic acids is 1. The van der Waals surface area contributed by atoms with Crippen LogP contribution in [0.3, 0.4) is 0 Å². The SMILES string of the molecule is CNS(=O)(=O)c1ccc(C(=O)NC2(C(=O)O)CCC2)o1. The summed E-state index contributed by atoms with van der Waals surface area (Å²) in [7, 11) is -2.56. The number of amides is 1. The number of furan rings is 1. The van der Waals surface area contributed by atoms with Crippen molar-refractivity contribution in [3.05, 3.63) is 17.9 Å². The maximum atomic E-state index is 11.9. The maximum Gasteiger partial charge on any atom is 0.329 e. The maximum absolute atomic E-state index is 11.9. The highest BCUT2D eigenvalue weighted by Crippen LogP contribution is 2.32. The van der Waals surface area contributed by atoms with Crippen molar-refractivity contribution in [2.24, 2.45) is 0 Å². The lowest BCUT2D eigenvalue weighted by atomic mass is 9.76. The zero-order valence-electron chi connectivity index (χ0n) is 10.7. The van der Waals surface area contributed by atoms with Crippen molar-refractivity contribution in [1.29, 1.82) is 0 Å². The molecule has 0 unspecified atom stereocenters. The second kappa shape index (κ2) is 4.91. The molecule has 1 aliphatic carbocycles. The Labute approximate surface area is 115 Å². The molecule has 8 nitrogen and oxygen atoms in total. The van der Waals surface area contributed by atoms with Gasteiger partial charge in [0.15, 0.2) is 5.76 Å². The van der Waals surface area contributed by atoms with Gasteiger partial charge in [0.2, 0.25) is 5.09 Å². The molecule has 1 aromatic heterocycles. The number of carboxylic acids is 1. The first-order chi connectivity index (χ1) is 9.31. The van der Waals surface area contributed by atoms with Crippen LogP contribution in [0.25, 0.3) is 0 Å². The third-order valence-corrected chi connectivity index (χ3v) is 4.59. The summed E-state index contributed by atoms with van der Waals surface area (Å²) in [4.78, 5) is 23.0. The minimum absolute atomic E-state index is 0.244. The molecule has 1 fully saturated rings. The molecule has 1 amide bonds. The summed E-state index contributed by atoms with van der Waals surface area (Å²) in [6, 6.07) is 2.32. The summed E-state index contributed by atoms with van der Waals surface area (Å²) in [6.45, 7) is 0. The van der Waals surface area contributed by atoms with Gasteiger partial charge in [0.05, 0.1) is 0 Å². The fraction of sp³-hybridized carbons (Fsp3) is 0.455. The number of nitrogens with one attached hydrogen (secondary N) is 2. The standard InChI is InChI=1S/C11H14N2O6S/c1-12-20(17,18)8-4-3-7(19-8)9(14)13-11(10(15)16)5-2-6-11/h3-4,12H,2,5-6H2,1H3,(H,13,14)(H,15,16). The first kappa shape index (κ1) is 14.5. The van der Waals surface area contributed by atoms with E-state index in [2.05, 4.69) is 10.0 Å². The molecule has 20 heavy (non-hydrogen) atoms. The predicted octanol–water partition coefficient (Wildman–Crippen LogP) is -0.0752. The van der Waals surface area contributed by atoms with Gasteiger partial charge in [-0.1, -0.05) is 0 Å². The van der Waals surface area contributed by atoms with Crippen LogP contribution >= 0.6 is 0 Å². The van der Waals surface area contributed by atoms with Crippen LogP contribution in [0.1, 0.15) is 29.8 Å². The highest BCUT2D eigenvalue weighted by atomic mass is 32.2. The van der Waals surface area contributed by atoms with Gasteiger partial charge in [0.25, 0.3) is 15.9 Å². The second-order valence-corrected chi connectivity index (χ2v) is 6.34. The molecule has 0 spiro atoms. The summed E-state index contributed by atoms with van der Waals surface area (Å²) < 4.78 is 29.9. The second-order valence-electron chi connectivity index (χ2n) is 4.52. The van der Waals surface area contributed by atoms with Gasteiger partial charge in [0.1, 0.15) is 5.54 Å². The molecule has 1 heterocycles. The summed E-state index contributed by atoms with van der Waals surface area (Å²) >= 11 is 0. The lowest BCUT2D eigenvalue weighted by molar-refractivity contribution is -0.148. The summed E-state index contributed by atoms with van der Waals surface area (Å²) in [5, 5.41) is 11.1. The molecule has 0 bridgehead atoms. The van der Waals surface area contributed by atoms with Crippen molar-refractivity contribution in [2.75, 3.05) is 7.05 Å². The summed E-state index contributed by atoms with van der Waals surface area (Å²) in [6.07, 6.45) is 1.40. The van der Waals surface area contributed by atoms with Gasteiger partial charge < -0.3 is 14.8 Å². The highest BCUT2D eigenvalue weighted by molar-refractivity contribution is 7.89. The first-order valence-electron chi connectivity index (χ1n) is 5.90. The molecule has 0 aromatic carbocycles. The van der Waals surface area contributed by atoms with Crippen molar-refractivity contribution in [1.82, 2.24) is 10.0 Å². The molecule has 1 aromatic rings. The van der Waals surface area contributed by atoms with E-state index >= 15 is 0 Å². The van der Waals surface area contributed by atoms with Crippen LogP contribution in [0.15, 0.2) is 21.6 Å². The van der Waals surface area contributed by atoms with Gasteiger partial charge in [-0.25, -0.2) is 17.9 Å². The van der Waals surface area contributed by atoms with Crippen molar-refractivity contribution in [3.63, 3.8) is 0 Å². The van der Waals surface area contributed by atoms with E-state index in [0.717, 1.165) is 6.07 Å². The minimum atomic E-state index is -3.78. The van der Waals surface area contributed by atoms with E-state index < -0.39 is 32.5 Å². The lowest BCUT2D eigenvalue weighted by Crippen LogP contribution is -2.59. The molecule has 0 saturated heterocycles. The van der Waals surface area contributed by atoms with Crippen LogP contribution in [0.4, 0.5) is 0 Å². The van der Waals surface area contributed by atoms with E-state index in [1.807, 2.05) is 0 Å². The van der Waals surface area contributed by atoms with Crippen molar-refractivity contribution in [3.8, 4) is 0 Å². The molecule has 9 heteroatoms. The first-order valence-corrected chi connectivity index (χ1v) is 7.38. The van der Waals surface area contributed by atoms with E-state index in [0.29, 0.717) is 19.3 Å². The zero-order valence-corrected chi connectivity index (χ0v) is 11.5. The fourth-order valence-electron chi connectivity index (χ4n) is 1.89. The number of carbonyl (C=O) groups excluding carboxylic acids is 1. The number of sulfonamides is 1. The van der Waals surface area contributed by atoms with Gasteiger partial charge in [-0.3, -0.25) is 4.79 Å². The Kier molecular flexibility index (Phi) is 3.57. The average Bonchev–Trinajstić information content (AvgIpc) is 2.83. The van der Waals surface area contributed by atoms with Gasteiger partial charge in [-0.2, -0.15) is 0 Å². The Balaban J connectivity index is 2.17. The Hall–Kier alpha value is -1.87.